The molecule has 1 amide bonds. The Balaban J connectivity index is 2.24. The maximum atomic E-state index is 12.4. The molecule has 0 bridgehead atoms. The fourth-order valence-corrected chi connectivity index (χ4v) is 2.45. The smallest absolute Gasteiger partial charge is 0.255 e. The summed E-state index contributed by atoms with van der Waals surface area (Å²) in [6.45, 7) is 4.05. The average molecular weight is 280 g/mol. The predicted octanol–water partition coefficient (Wildman–Crippen LogP) is 3.96. The van der Waals surface area contributed by atoms with Gasteiger partial charge in [0.05, 0.1) is 5.56 Å². The van der Waals surface area contributed by atoms with E-state index in [1.807, 2.05) is 38.1 Å². The monoisotopic (exact) mass is 279 g/mol. The van der Waals surface area contributed by atoms with Gasteiger partial charge >= 0.3 is 0 Å². The van der Waals surface area contributed by atoms with Crippen molar-refractivity contribution in [3.63, 3.8) is 0 Å². The molecule has 4 heteroatoms. The Labute approximate surface area is 117 Å². The first-order valence-corrected chi connectivity index (χ1v) is 6.98. The number of hydrogen-bond donors (Lipinski definition) is 1. The summed E-state index contributed by atoms with van der Waals surface area (Å²) in [6.07, 6.45) is 3.09. The number of hydrogen-bond acceptors (Lipinski definition) is 2. The maximum absolute atomic E-state index is 12.4. The number of furan rings is 1. The largest absolute Gasteiger partial charge is 0.463 e. The fourth-order valence-electron chi connectivity index (χ4n) is 2.03. The number of amides is 1. The molecule has 1 unspecified atom stereocenters. The van der Waals surface area contributed by atoms with Crippen molar-refractivity contribution in [2.75, 3.05) is 5.88 Å². The van der Waals surface area contributed by atoms with Crippen molar-refractivity contribution in [3.8, 4) is 0 Å². The van der Waals surface area contributed by atoms with Gasteiger partial charge in [0, 0.05) is 16.8 Å². The SMILES string of the molecule is CCC(C)(CCCl)NC(=O)c1coc2ccccc12. The molecule has 0 fully saturated rings. The number of fused-ring (bicyclic) bond motifs is 1. The first kappa shape index (κ1) is 13.9. The van der Waals surface area contributed by atoms with E-state index >= 15 is 0 Å². The number of halogens is 1. The van der Waals surface area contributed by atoms with Crippen LogP contribution >= 0.6 is 11.6 Å². The van der Waals surface area contributed by atoms with Crippen LogP contribution in [0.3, 0.4) is 0 Å². The molecule has 0 aliphatic heterocycles. The molecule has 0 aliphatic rings. The molecule has 2 aromatic rings. The minimum Gasteiger partial charge on any atom is -0.463 e. The van der Waals surface area contributed by atoms with Gasteiger partial charge in [-0.3, -0.25) is 4.79 Å². The van der Waals surface area contributed by atoms with Crippen molar-refractivity contribution < 1.29 is 9.21 Å². The van der Waals surface area contributed by atoms with Crippen LogP contribution in [-0.2, 0) is 0 Å². The van der Waals surface area contributed by atoms with Crippen LogP contribution in [0, 0.1) is 0 Å². The summed E-state index contributed by atoms with van der Waals surface area (Å²) in [5, 5.41) is 3.89. The quantitative estimate of drug-likeness (QED) is 0.842. The Bertz CT molecular complexity index is 578. The van der Waals surface area contributed by atoms with Crippen molar-refractivity contribution >= 4 is 28.5 Å². The van der Waals surface area contributed by atoms with Crippen molar-refractivity contribution in [2.45, 2.75) is 32.2 Å². The lowest BCUT2D eigenvalue weighted by Gasteiger charge is -2.28. The molecule has 1 aromatic carbocycles. The molecule has 1 aromatic heterocycles. The second kappa shape index (κ2) is 5.66. The van der Waals surface area contributed by atoms with E-state index in [1.54, 1.807) is 0 Å². The summed E-state index contributed by atoms with van der Waals surface area (Å²) in [4.78, 5) is 12.4. The van der Waals surface area contributed by atoms with Gasteiger partial charge in [0.15, 0.2) is 0 Å². The molecular formula is C15H18ClNO2. The topological polar surface area (TPSA) is 42.2 Å². The molecule has 102 valence electrons. The first-order chi connectivity index (χ1) is 9.09. The van der Waals surface area contributed by atoms with Crippen molar-refractivity contribution in [1.29, 1.82) is 0 Å². The Morgan fingerprint density at radius 2 is 2.16 bits per heavy atom. The summed E-state index contributed by atoms with van der Waals surface area (Å²) >= 11 is 5.80. The van der Waals surface area contributed by atoms with Gasteiger partial charge in [0.2, 0.25) is 0 Å². The third kappa shape index (κ3) is 2.92. The summed E-state index contributed by atoms with van der Waals surface area (Å²) in [7, 11) is 0. The number of alkyl halides is 1. The predicted molar refractivity (Wildman–Crippen MR) is 77.7 cm³/mol. The Morgan fingerprint density at radius 3 is 2.84 bits per heavy atom. The molecule has 1 heterocycles. The number of rotatable bonds is 5. The maximum Gasteiger partial charge on any atom is 0.255 e. The van der Waals surface area contributed by atoms with Crippen molar-refractivity contribution in [2.24, 2.45) is 0 Å². The summed E-state index contributed by atoms with van der Waals surface area (Å²) in [5.74, 6) is 0.413. The molecule has 0 saturated carbocycles. The summed E-state index contributed by atoms with van der Waals surface area (Å²) < 4.78 is 5.39. The van der Waals surface area contributed by atoms with Crippen molar-refractivity contribution in [3.05, 3.63) is 36.1 Å². The van der Waals surface area contributed by atoms with E-state index < -0.39 is 0 Å². The molecule has 0 aliphatic carbocycles. The van der Waals surface area contributed by atoms with Crippen LogP contribution < -0.4 is 5.32 Å². The summed E-state index contributed by atoms with van der Waals surface area (Å²) in [5.41, 5.74) is 1.02. The molecule has 3 nitrogen and oxygen atoms in total. The molecule has 2 rings (SSSR count). The molecule has 0 radical (unpaired) electrons. The van der Waals surface area contributed by atoms with Gasteiger partial charge in [0.25, 0.3) is 5.91 Å². The fraction of sp³-hybridized carbons (Fsp3) is 0.400. The summed E-state index contributed by atoms with van der Waals surface area (Å²) in [6, 6.07) is 7.52. The van der Waals surface area contributed by atoms with Gasteiger partial charge in [-0.1, -0.05) is 25.1 Å². The van der Waals surface area contributed by atoms with Crippen LogP contribution in [0.2, 0.25) is 0 Å². The third-order valence-corrected chi connectivity index (χ3v) is 3.76. The average Bonchev–Trinajstić information content (AvgIpc) is 2.83. The van der Waals surface area contributed by atoms with Crippen LogP contribution in [0.1, 0.15) is 37.0 Å². The van der Waals surface area contributed by atoms with E-state index in [2.05, 4.69) is 5.32 Å². The van der Waals surface area contributed by atoms with E-state index in [0.717, 1.165) is 23.8 Å². The lowest BCUT2D eigenvalue weighted by atomic mass is 9.95. The van der Waals surface area contributed by atoms with Gasteiger partial charge in [-0.25, -0.2) is 0 Å². The number of carbonyl (C=O) groups is 1. The highest BCUT2D eigenvalue weighted by atomic mass is 35.5. The highest BCUT2D eigenvalue weighted by molar-refractivity contribution is 6.18. The van der Waals surface area contributed by atoms with Crippen LogP contribution in [0.5, 0.6) is 0 Å². The lowest BCUT2D eigenvalue weighted by Crippen LogP contribution is -2.45. The van der Waals surface area contributed by atoms with Gasteiger partial charge < -0.3 is 9.73 Å². The molecular weight excluding hydrogens is 262 g/mol. The van der Waals surface area contributed by atoms with Crippen LogP contribution in [0.15, 0.2) is 34.9 Å². The minimum absolute atomic E-state index is 0.112. The Morgan fingerprint density at radius 1 is 1.42 bits per heavy atom. The minimum atomic E-state index is -0.281. The zero-order valence-electron chi connectivity index (χ0n) is 11.2. The number of nitrogens with one attached hydrogen (secondary N) is 1. The standard InChI is InChI=1S/C15H18ClNO2/c1-3-15(2,8-9-16)17-14(18)12-10-19-13-7-5-4-6-11(12)13/h4-7,10H,3,8-9H2,1-2H3,(H,17,18). The van der Waals surface area contributed by atoms with E-state index in [9.17, 15) is 4.79 Å². The highest BCUT2D eigenvalue weighted by Crippen LogP contribution is 2.22. The normalized spacial score (nSPS) is 14.3. The zero-order valence-corrected chi connectivity index (χ0v) is 12.0. The van der Waals surface area contributed by atoms with Gasteiger partial charge in [0.1, 0.15) is 11.8 Å². The molecule has 1 atom stereocenters. The lowest BCUT2D eigenvalue weighted by molar-refractivity contribution is 0.0902. The number of carbonyl (C=O) groups excluding carboxylic acids is 1. The number of para-hydroxylation sites is 1. The van der Waals surface area contributed by atoms with Gasteiger partial charge in [-0.05, 0) is 25.8 Å². The van der Waals surface area contributed by atoms with E-state index in [1.165, 1.54) is 6.26 Å². The third-order valence-electron chi connectivity index (χ3n) is 3.57. The zero-order chi connectivity index (χ0) is 13.9. The molecule has 0 spiro atoms. The van der Waals surface area contributed by atoms with Crippen LogP contribution in [0.25, 0.3) is 11.0 Å². The van der Waals surface area contributed by atoms with Gasteiger partial charge in [-0.15, -0.1) is 11.6 Å². The van der Waals surface area contributed by atoms with Crippen LogP contribution in [0.4, 0.5) is 0 Å². The van der Waals surface area contributed by atoms with Gasteiger partial charge in [-0.2, -0.15) is 0 Å². The van der Waals surface area contributed by atoms with Crippen molar-refractivity contribution in [1.82, 2.24) is 5.32 Å². The second-order valence-corrected chi connectivity index (χ2v) is 5.33. The molecule has 19 heavy (non-hydrogen) atoms. The molecule has 0 saturated heterocycles. The first-order valence-electron chi connectivity index (χ1n) is 6.44. The Hall–Kier alpha value is -1.48. The van der Waals surface area contributed by atoms with E-state index in [-0.39, 0.29) is 11.4 Å². The second-order valence-electron chi connectivity index (χ2n) is 4.95. The van der Waals surface area contributed by atoms with E-state index in [4.69, 9.17) is 16.0 Å². The Kier molecular flexibility index (Phi) is 4.15. The number of benzene rings is 1. The molecule has 1 N–H and O–H groups in total. The van der Waals surface area contributed by atoms with Crippen LogP contribution in [-0.4, -0.2) is 17.3 Å². The highest BCUT2D eigenvalue weighted by Gasteiger charge is 2.25. The van der Waals surface area contributed by atoms with E-state index in [0.29, 0.717) is 11.4 Å².